The van der Waals surface area contributed by atoms with Gasteiger partial charge in [0.1, 0.15) is 18.3 Å². The number of hydrogen-bond donors (Lipinski definition) is 4. The van der Waals surface area contributed by atoms with E-state index in [2.05, 4.69) is 6.92 Å². The fourth-order valence-corrected chi connectivity index (χ4v) is 2.63. The van der Waals surface area contributed by atoms with Crippen LogP contribution >= 0.6 is 0 Å². The zero-order valence-electron chi connectivity index (χ0n) is 13.8. The molecule has 1 rings (SSSR count). The molecule has 23 heavy (non-hydrogen) atoms. The van der Waals surface area contributed by atoms with E-state index < -0.39 is 36.7 Å². The predicted octanol–water partition coefficient (Wildman–Crippen LogP) is 1.04. The summed E-state index contributed by atoms with van der Waals surface area (Å²) in [6.07, 6.45) is 1.50. The third-order valence-corrected chi connectivity index (χ3v) is 4.09. The minimum Gasteiger partial charge on any atom is -0.479 e. The second-order valence-electron chi connectivity index (χ2n) is 6.08. The lowest BCUT2D eigenvalue weighted by Crippen LogP contribution is -2.60. The summed E-state index contributed by atoms with van der Waals surface area (Å²) in [5, 5.41) is 37.9. The van der Waals surface area contributed by atoms with Crippen LogP contribution in [0.2, 0.25) is 0 Å². The number of hydrogen-bond acceptors (Lipinski definition) is 6. The minimum atomic E-state index is -1.68. The highest BCUT2D eigenvalue weighted by Crippen LogP contribution is 2.22. The molecular weight excluding hydrogens is 304 g/mol. The number of ether oxygens (including phenoxy) is 2. The second kappa shape index (κ2) is 10.9. The minimum absolute atomic E-state index is 0.311. The fraction of sp³-hybridized carbons (Fsp3) is 0.938. The number of carboxylic acids is 1. The first kappa shape index (κ1) is 20.3. The zero-order chi connectivity index (χ0) is 17.2. The van der Waals surface area contributed by atoms with E-state index in [4.69, 9.17) is 14.6 Å². The molecule has 0 bridgehead atoms. The molecule has 0 unspecified atom stereocenters. The van der Waals surface area contributed by atoms with Crippen LogP contribution in [0.4, 0.5) is 0 Å². The van der Waals surface area contributed by atoms with E-state index in [1.165, 1.54) is 32.1 Å². The summed E-state index contributed by atoms with van der Waals surface area (Å²) in [5.41, 5.74) is 0. The summed E-state index contributed by atoms with van der Waals surface area (Å²) >= 11 is 0. The molecule has 5 atom stereocenters. The Labute approximate surface area is 137 Å². The number of aliphatic hydroxyl groups is 3. The average molecular weight is 334 g/mol. The molecule has 0 amide bonds. The van der Waals surface area contributed by atoms with Crippen molar-refractivity contribution < 1.29 is 34.7 Å². The lowest BCUT2D eigenvalue weighted by atomic mass is 9.99. The molecule has 7 heteroatoms. The molecule has 1 heterocycles. The lowest BCUT2D eigenvalue weighted by Gasteiger charge is -2.38. The van der Waals surface area contributed by atoms with Crippen molar-refractivity contribution in [3.63, 3.8) is 0 Å². The SMILES string of the molecule is CCCCCCCCCCO[C@H]1O[C@H](C(=O)O)[C@H](O)[C@H](O)[C@H]1O. The van der Waals surface area contributed by atoms with E-state index in [9.17, 15) is 20.1 Å². The Bertz CT molecular complexity index is 336. The Kier molecular flexibility index (Phi) is 9.66. The van der Waals surface area contributed by atoms with Crippen LogP contribution in [0.15, 0.2) is 0 Å². The predicted molar refractivity (Wildman–Crippen MR) is 82.9 cm³/mol. The van der Waals surface area contributed by atoms with Crippen LogP contribution in [-0.2, 0) is 14.3 Å². The van der Waals surface area contributed by atoms with Crippen LogP contribution in [0.5, 0.6) is 0 Å². The van der Waals surface area contributed by atoms with Crippen molar-refractivity contribution in [3.8, 4) is 0 Å². The van der Waals surface area contributed by atoms with Gasteiger partial charge in [-0.3, -0.25) is 0 Å². The van der Waals surface area contributed by atoms with E-state index in [0.717, 1.165) is 19.3 Å². The van der Waals surface area contributed by atoms with Crippen molar-refractivity contribution in [1.29, 1.82) is 0 Å². The maximum atomic E-state index is 11.0. The number of aliphatic hydroxyl groups excluding tert-OH is 3. The summed E-state index contributed by atoms with van der Waals surface area (Å²) < 4.78 is 10.4. The molecular formula is C16H30O7. The topological polar surface area (TPSA) is 116 Å². The Morgan fingerprint density at radius 2 is 1.48 bits per heavy atom. The van der Waals surface area contributed by atoms with Crippen molar-refractivity contribution in [3.05, 3.63) is 0 Å². The van der Waals surface area contributed by atoms with Crippen LogP contribution in [0.25, 0.3) is 0 Å². The number of unbranched alkanes of at least 4 members (excludes halogenated alkanes) is 7. The van der Waals surface area contributed by atoms with Gasteiger partial charge in [0.2, 0.25) is 0 Å². The molecule has 1 saturated heterocycles. The highest BCUT2D eigenvalue weighted by atomic mass is 16.7. The third kappa shape index (κ3) is 6.73. The smallest absolute Gasteiger partial charge is 0.335 e. The number of aliphatic carboxylic acids is 1. The number of carboxylic acid groups (broad SMARTS) is 1. The third-order valence-electron chi connectivity index (χ3n) is 4.09. The van der Waals surface area contributed by atoms with Crippen molar-refractivity contribution in [2.24, 2.45) is 0 Å². The highest BCUT2D eigenvalue weighted by Gasteiger charge is 2.47. The van der Waals surface area contributed by atoms with E-state index in [-0.39, 0.29) is 0 Å². The standard InChI is InChI=1S/C16H30O7/c1-2-3-4-5-6-7-8-9-10-22-16-13(19)11(17)12(18)14(23-16)15(20)21/h11-14,16-19H,2-10H2,1H3,(H,20,21)/t11-,12+,13+,14-,16-/m0/s1. The highest BCUT2D eigenvalue weighted by molar-refractivity contribution is 5.73. The van der Waals surface area contributed by atoms with Gasteiger partial charge in [0.25, 0.3) is 0 Å². The van der Waals surface area contributed by atoms with Gasteiger partial charge >= 0.3 is 5.97 Å². The van der Waals surface area contributed by atoms with Crippen LogP contribution in [0, 0.1) is 0 Å². The van der Waals surface area contributed by atoms with Gasteiger partial charge in [-0.15, -0.1) is 0 Å². The Hall–Kier alpha value is -0.730. The van der Waals surface area contributed by atoms with Crippen molar-refractivity contribution in [2.75, 3.05) is 6.61 Å². The summed E-state index contributed by atoms with van der Waals surface area (Å²) in [5.74, 6) is -1.40. The number of carbonyl (C=O) groups is 1. The summed E-state index contributed by atoms with van der Waals surface area (Å²) in [7, 11) is 0. The van der Waals surface area contributed by atoms with Gasteiger partial charge in [-0.05, 0) is 6.42 Å². The molecule has 0 aromatic carbocycles. The van der Waals surface area contributed by atoms with Crippen LogP contribution in [-0.4, -0.2) is 63.7 Å². The van der Waals surface area contributed by atoms with E-state index >= 15 is 0 Å². The molecule has 0 aromatic heterocycles. The Morgan fingerprint density at radius 3 is 2.04 bits per heavy atom. The molecule has 0 aliphatic carbocycles. The first-order valence-corrected chi connectivity index (χ1v) is 8.53. The Morgan fingerprint density at radius 1 is 0.913 bits per heavy atom. The van der Waals surface area contributed by atoms with Gasteiger partial charge in [0.05, 0.1) is 0 Å². The quantitative estimate of drug-likeness (QED) is 0.417. The molecule has 7 nitrogen and oxygen atoms in total. The first-order chi connectivity index (χ1) is 11.0. The van der Waals surface area contributed by atoms with Crippen molar-refractivity contribution in [1.82, 2.24) is 0 Å². The largest absolute Gasteiger partial charge is 0.479 e. The molecule has 0 spiro atoms. The molecule has 0 saturated carbocycles. The monoisotopic (exact) mass is 334 g/mol. The summed E-state index contributed by atoms with van der Waals surface area (Å²) in [6, 6.07) is 0. The molecule has 1 aliphatic heterocycles. The molecule has 4 N–H and O–H groups in total. The zero-order valence-corrected chi connectivity index (χ0v) is 13.8. The van der Waals surface area contributed by atoms with Crippen LogP contribution in [0.1, 0.15) is 58.3 Å². The van der Waals surface area contributed by atoms with E-state index in [1.54, 1.807) is 0 Å². The molecule has 1 aliphatic rings. The maximum absolute atomic E-state index is 11.0. The summed E-state index contributed by atoms with van der Waals surface area (Å²) in [6.45, 7) is 2.50. The molecule has 0 aromatic rings. The maximum Gasteiger partial charge on any atom is 0.335 e. The average Bonchev–Trinajstić information content (AvgIpc) is 2.52. The summed E-state index contributed by atoms with van der Waals surface area (Å²) in [4.78, 5) is 11.0. The normalized spacial score (nSPS) is 31.2. The van der Waals surface area contributed by atoms with Crippen molar-refractivity contribution in [2.45, 2.75) is 89.0 Å². The second-order valence-corrected chi connectivity index (χ2v) is 6.08. The van der Waals surface area contributed by atoms with Crippen LogP contribution in [0.3, 0.4) is 0 Å². The fourth-order valence-electron chi connectivity index (χ4n) is 2.63. The molecule has 1 fully saturated rings. The van der Waals surface area contributed by atoms with Gasteiger partial charge in [-0.1, -0.05) is 51.9 Å². The lowest BCUT2D eigenvalue weighted by molar-refractivity contribution is -0.294. The first-order valence-electron chi connectivity index (χ1n) is 8.53. The van der Waals surface area contributed by atoms with E-state index in [0.29, 0.717) is 6.61 Å². The van der Waals surface area contributed by atoms with Crippen LogP contribution < -0.4 is 0 Å². The van der Waals surface area contributed by atoms with Gasteiger partial charge in [0.15, 0.2) is 12.4 Å². The van der Waals surface area contributed by atoms with Gasteiger partial charge in [0, 0.05) is 6.61 Å². The molecule has 0 radical (unpaired) electrons. The van der Waals surface area contributed by atoms with Crippen molar-refractivity contribution >= 4 is 5.97 Å². The van der Waals surface area contributed by atoms with Gasteiger partial charge in [-0.25, -0.2) is 4.79 Å². The number of rotatable bonds is 11. The molecule has 136 valence electrons. The van der Waals surface area contributed by atoms with Gasteiger partial charge < -0.3 is 29.9 Å². The van der Waals surface area contributed by atoms with Gasteiger partial charge in [-0.2, -0.15) is 0 Å². The van der Waals surface area contributed by atoms with E-state index in [1.807, 2.05) is 0 Å². The Balaban J connectivity index is 2.19.